The quantitative estimate of drug-likeness (QED) is 0.539. The third-order valence-corrected chi connectivity index (χ3v) is 4.65. The molecule has 0 amide bonds. The van der Waals surface area contributed by atoms with Gasteiger partial charge in [0.25, 0.3) is 0 Å². The second-order valence-corrected chi connectivity index (χ2v) is 6.59. The second-order valence-electron chi connectivity index (χ2n) is 6.59. The third-order valence-electron chi connectivity index (χ3n) is 4.65. The average molecular weight is 376 g/mol. The summed E-state index contributed by atoms with van der Waals surface area (Å²) in [6, 6.07) is 11.3. The maximum absolute atomic E-state index is 13.6. The van der Waals surface area contributed by atoms with E-state index in [4.69, 9.17) is 9.47 Å². The molecule has 27 heavy (non-hydrogen) atoms. The number of hydrogen-bond donors (Lipinski definition) is 0. The molecule has 0 aromatic heterocycles. The van der Waals surface area contributed by atoms with Crippen molar-refractivity contribution in [2.75, 3.05) is 7.11 Å². The average Bonchev–Trinajstić information content (AvgIpc) is 2.67. The Balaban J connectivity index is 1.89. The minimum atomic E-state index is -0.286. The molecule has 146 valence electrons. The van der Waals surface area contributed by atoms with E-state index in [1.54, 1.807) is 25.1 Å². The third kappa shape index (κ3) is 7.10. The lowest BCUT2D eigenvalue weighted by Gasteiger charge is -2.18. The van der Waals surface area contributed by atoms with Crippen molar-refractivity contribution in [3.63, 3.8) is 0 Å². The Hall–Kier alpha value is -2.27. The SMILES string of the molecule is COC(=O)CC[C@H](CCCc1cccc(F)c1C)OCc1ccc(F)cc1. The van der Waals surface area contributed by atoms with Gasteiger partial charge in [0.05, 0.1) is 19.8 Å². The Morgan fingerprint density at radius 3 is 2.52 bits per heavy atom. The van der Waals surface area contributed by atoms with E-state index in [0.717, 1.165) is 30.4 Å². The van der Waals surface area contributed by atoms with E-state index < -0.39 is 0 Å². The molecule has 0 N–H and O–H groups in total. The fraction of sp³-hybridized carbons (Fsp3) is 0.409. The van der Waals surface area contributed by atoms with Crippen molar-refractivity contribution >= 4 is 5.97 Å². The zero-order valence-corrected chi connectivity index (χ0v) is 15.8. The number of carbonyl (C=O) groups is 1. The fourth-order valence-electron chi connectivity index (χ4n) is 2.93. The zero-order valence-electron chi connectivity index (χ0n) is 15.8. The Kier molecular flexibility index (Phi) is 8.40. The number of hydrogen-bond acceptors (Lipinski definition) is 3. The predicted molar refractivity (Wildman–Crippen MR) is 100 cm³/mol. The van der Waals surface area contributed by atoms with Crippen molar-refractivity contribution in [1.82, 2.24) is 0 Å². The molecule has 0 aliphatic rings. The summed E-state index contributed by atoms with van der Waals surface area (Å²) in [6.07, 6.45) is 3.02. The van der Waals surface area contributed by atoms with E-state index in [1.165, 1.54) is 25.3 Å². The van der Waals surface area contributed by atoms with Gasteiger partial charge in [-0.05, 0) is 67.5 Å². The van der Waals surface area contributed by atoms with Gasteiger partial charge in [-0.1, -0.05) is 24.3 Å². The molecule has 0 saturated carbocycles. The Morgan fingerprint density at radius 1 is 1.07 bits per heavy atom. The fourth-order valence-corrected chi connectivity index (χ4v) is 2.93. The van der Waals surface area contributed by atoms with Gasteiger partial charge >= 0.3 is 5.97 Å². The minimum absolute atomic E-state index is 0.122. The van der Waals surface area contributed by atoms with Crippen LogP contribution in [0.2, 0.25) is 0 Å². The molecule has 0 spiro atoms. The van der Waals surface area contributed by atoms with Crippen LogP contribution in [0.3, 0.4) is 0 Å². The van der Waals surface area contributed by atoms with Gasteiger partial charge in [0.15, 0.2) is 0 Å². The van der Waals surface area contributed by atoms with Crippen molar-refractivity contribution in [3.05, 3.63) is 70.8 Å². The topological polar surface area (TPSA) is 35.5 Å². The van der Waals surface area contributed by atoms with Crippen LogP contribution >= 0.6 is 0 Å². The van der Waals surface area contributed by atoms with Gasteiger partial charge in [-0.2, -0.15) is 0 Å². The van der Waals surface area contributed by atoms with Crippen LogP contribution in [0, 0.1) is 18.6 Å². The first kappa shape index (κ1) is 21.0. The first-order valence-corrected chi connectivity index (χ1v) is 9.16. The van der Waals surface area contributed by atoms with Crippen molar-refractivity contribution in [2.24, 2.45) is 0 Å². The molecular formula is C22H26F2O3. The summed E-state index contributed by atoms with van der Waals surface area (Å²) >= 11 is 0. The molecule has 0 aliphatic heterocycles. The Labute approximate surface area is 159 Å². The van der Waals surface area contributed by atoms with Gasteiger partial charge in [0, 0.05) is 6.42 Å². The van der Waals surface area contributed by atoms with Gasteiger partial charge in [0.1, 0.15) is 11.6 Å². The minimum Gasteiger partial charge on any atom is -0.469 e. The monoisotopic (exact) mass is 376 g/mol. The summed E-state index contributed by atoms with van der Waals surface area (Å²) in [6.45, 7) is 2.13. The van der Waals surface area contributed by atoms with Crippen LogP contribution in [0.5, 0.6) is 0 Å². The summed E-state index contributed by atoms with van der Waals surface area (Å²) in [7, 11) is 1.36. The van der Waals surface area contributed by atoms with Crippen LogP contribution in [0.1, 0.15) is 42.4 Å². The van der Waals surface area contributed by atoms with Crippen molar-refractivity contribution in [3.8, 4) is 0 Å². The highest BCUT2D eigenvalue weighted by Gasteiger charge is 2.13. The number of aryl methyl sites for hydroxylation is 1. The number of esters is 1. The van der Waals surface area contributed by atoms with Crippen LogP contribution in [0.4, 0.5) is 8.78 Å². The van der Waals surface area contributed by atoms with Crippen LogP contribution in [0.15, 0.2) is 42.5 Å². The van der Waals surface area contributed by atoms with Gasteiger partial charge in [-0.3, -0.25) is 4.79 Å². The molecule has 2 aromatic carbocycles. The number of carbonyl (C=O) groups excluding carboxylic acids is 1. The van der Waals surface area contributed by atoms with Gasteiger partial charge < -0.3 is 9.47 Å². The van der Waals surface area contributed by atoms with Crippen LogP contribution in [0.25, 0.3) is 0 Å². The first-order valence-electron chi connectivity index (χ1n) is 9.16. The van der Waals surface area contributed by atoms with Crippen LogP contribution in [-0.2, 0) is 27.3 Å². The number of rotatable bonds is 10. The standard InChI is InChI=1S/C22H26F2O3/c1-16-18(6-4-8-21(16)24)5-3-7-20(13-14-22(25)26-2)27-15-17-9-11-19(23)12-10-17/h4,6,8-12,20H,3,5,7,13-15H2,1-2H3/t20-/m0/s1. The number of methoxy groups -OCH3 is 1. The summed E-state index contributed by atoms with van der Waals surface area (Å²) < 4.78 is 37.3. The number of benzene rings is 2. The maximum Gasteiger partial charge on any atom is 0.305 e. The highest BCUT2D eigenvalue weighted by Crippen LogP contribution is 2.18. The number of ether oxygens (including phenoxy) is 2. The largest absolute Gasteiger partial charge is 0.469 e. The molecule has 0 radical (unpaired) electrons. The summed E-state index contributed by atoms with van der Waals surface area (Å²) in [5.41, 5.74) is 2.54. The molecule has 0 unspecified atom stereocenters. The molecule has 0 fully saturated rings. The Morgan fingerprint density at radius 2 is 1.81 bits per heavy atom. The lowest BCUT2D eigenvalue weighted by molar-refractivity contribution is -0.141. The molecule has 2 aromatic rings. The van der Waals surface area contributed by atoms with Crippen molar-refractivity contribution in [1.29, 1.82) is 0 Å². The lowest BCUT2D eigenvalue weighted by atomic mass is 10.00. The van der Waals surface area contributed by atoms with E-state index in [9.17, 15) is 13.6 Å². The lowest BCUT2D eigenvalue weighted by Crippen LogP contribution is -2.16. The normalized spacial score (nSPS) is 12.0. The van der Waals surface area contributed by atoms with Crippen molar-refractivity contribution in [2.45, 2.75) is 51.7 Å². The summed E-state index contributed by atoms with van der Waals surface area (Å²) in [4.78, 5) is 11.4. The summed E-state index contributed by atoms with van der Waals surface area (Å²) in [5, 5.41) is 0. The predicted octanol–water partition coefficient (Wildman–Crippen LogP) is 5.13. The molecule has 5 heteroatoms. The zero-order chi connectivity index (χ0) is 19.6. The van der Waals surface area contributed by atoms with Crippen LogP contribution < -0.4 is 0 Å². The highest BCUT2D eigenvalue weighted by atomic mass is 19.1. The summed E-state index contributed by atoms with van der Waals surface area (Å²) in [5.74, 6) is -0.750. The van der Waals surface area contributed by atoms with E-state index in [-0.39, 0.29) is 30.1 Å². The van der Waals surface area contributed by atoms with Gasteiger partial charge in [0.2, 0.25) is 0 Å². The highest BCUT2D eigenvalue weighted by molar-refractivity contribution is 5.69. The smallest absolute Gasteiger partial charge is 0.305 e. The molecule has 0 saturated heterocycles. The molecule has 0 bridgehead atoms. The van der Waals surface area contributed by atoms with E-state index in [2.05, 4.69) is 0 Å². The van der Waals surface area contributed by atoms with E-state index >= 15 is 0 Å². The van der Waals surface area contributed by atoms with Crippen LogP contribution in [-0.4, -0.2) is 19.2 Å². The molecule has 0 aliphatic carbocycles. The Bertz CT molecular complexity index is 729. The second kappa shape index (κ2) is 10.8. The molecule has 0 heterocycles. The molecule has 2 rings (SSSR count). The first-order chi connectivity index (χ1) is 13.0. The molecular weight excluding hydrogens is 350 g/mol. The molecule has 1 atom stereocenters. The number of halogens is 2. The molecule has 3 nitrogen and oxygen atoms in total. The van der Waals surface area contributed by atoms with E-state index in [0.29, 0.717) is 18.6 Å². The van der Waals surface area contributed by atoms with Crippen molar-refractivity contribution < 1.29 is 23.0 Å². The van der Waals surface area contributed by atoms with Gasteiger partial charge in [-0.25, -0.2) is 8.78 Å². The maximum atomic E-state index is 13.6. The van der Waals surface area contributed by atoms with Gasteiger partial charge in [-0.15, -0.1) is 0 Å². The van der Waals surface area contributed by atoms with E-state index in [1.807, 2.05) is 6.07 Å².